The summed E-state index contributed by atoms with van der Waals surface area (Å²) in [7, 11) is 0. The zero-order valence-corrected chi connectivity index (χ0v) is 12.9. The van der Waals surface area contributed by atoms with Crippen molar-refractivity contribution in [3.05, 3.63) is 59.7 Å². The Kier molecular flexibility index (Phi) is 6.86. The standard InChI is InChI=1S/C18H22F2O/c1-5-8-13(4)9-10-14(6-2)15-11-12-16(21-7-3)18(20)17(15)19/h6,9-12H,4-5,7-8H2,1-3H3/b10-9-,14-6+. The Balaban J connectivity index is 3.08. The van der Waals surface area contributed by atoms with Crippen molar-refractivity contribution in [2.75, 3.05) is 6.61 Å². The van der Waals surface area contributed by atoms with Gasteiger partial charge in [0.25, 0.3) is 0 Å². The highest BCUT2D eigenvalue weighted by atomic mass is 19.2. The number of rotatable bonds is 7. The summed E-state index contributed by atoms with van der Waals surface area (Å²) in [5, 5.41) is 0. The number of allylic oxidation sites excluding steroid dienone is 5. The van der Waals surface area contributed by atoms with Crippen LogP contribution >= 0.6 is 0 Å². The number of ether oxygens (including phenoxy) is 1. The van der Waals surface area contributed by atoms with Gasteiger partial charge in [-0.05, 0) is 38.0 Å². The molecule has 0 spiro atoms. The highest BCUT2D eigenvalue weighted by Gasteiger charge is 2.15. The quantitative estimate of drug-likeness (QED) is 0.587. The molecule has 0 heterocycles. The van der Waals surface area contributed by atoms with Crippen LogP contribution in [0.5, 0.6) is 5.75 Å². The smallest absolute Gasteiger partial charge is 0.201 e. The average molecular weight is 292 g/mol. The molecular formula is C18H22F2O. The zero-order chi connectivity index (χ0) is 15.8. The number of hydrogen-bond donors (Lipinski definition) is 0. The van der Waals surface area contributed by atoms with Crippen LogP contribution < -0.4 is 4.74 Å². The largest absolute Gasteiger partial charge is 0.491 e. The lowest BCUT2D eigenvalue weighted by atomic mass is 10.0. The van der Waals surface area contributed by atoms with Gasteiger partial charge in [-0.2, -0.15) is 4.39 Å². The van der Waals surface area contributed by atoms with Gasteiger partial charge in [-0.1, -0.05) is 43.7 Å². The van der Waals surface area contributed by atoms with Crippen LogP contribution in [0.4, 0.5) is 8.78 Å². The van der Waals surface area contributed by atoms with Gasteiger partial charge in [0.2, 0.25) is 5.82 Å². The van der Waals surface area contributed by atoms with Gasteiger partial charge in [0.05, 0.1) is 6.61 Å². The summed E-state index contributed by atoms with van der Waals surface area (Å²) in [6, 6.07) is 2.99. The maximum absolute atomic E-state index is 14.1. The van der Waals surface area contributed by atoms with Gasteiger partial charge in [0.1, 0.15) is 0 Å². The van der Waals surface area contributed by atoms with E-state index in [1.54, 1.807) is 26.0 Å². The summed E-state index contributed by atoms with van der Waals surface area (Å²) < 4.78 is 33.1. The molecule has 0 aliphatic rings. The van der Waals surface area contributed by atoms with Crippen LogP contribution in [0, 0.1) is 11.6 Å². The molecule has 3 heteroatoms. The third kappa shape index (κ3) is 4.55. The summed E-state index contributed by atoms with van der Waals surface area (Å²) >= 11 is 0. The summed E-state index contributed by atoms with van der Waals surface area (Å²) in [6.45, 7) is 9.80. The van der Waals surface area contributed by atoms with E-state index in [0.717, 1.165) is 18.4 Å². The lowest BCUT2D eigenvalue weighted by molar-refractivity contribution is 0.314. The minimum atomic E-state index is -0.950. The van der Waals surface area contributed by atoms with Gasteiger partial charge in [0, 0.05) is 5.56 Å². The molecule has 0 unspecified atom stereocenters. The van der Waals surface area contributed by atoms with E-state index >= 15 is 0 Å². The SMILES string of the molecule is C=C(/C=C\C(=C/C)c1ccc(OCC)c(F)c1F)CCC. The van der Waals surface area contributed by atoms with Gasteiger partial charge in [-0.3, -0.25) is 0 Å². The third-order valence-electron chi connectivity index (χ3n) is 3.04. The molecule has 0 atom stereocenters. The van der Waals surface area contributed by atoms with E-state index in [4.69, 9.17) is 4.74 Å². The first kappa shape index (κ1) is 17.2. The predicted octanol–water partition coefficient (Wildman–Crippen LogP) is 5.68. The van der Waals surface area contributed by atoms with E-state index in [9.17, 15) is 8.78 Å². The second-order valence-corrected chi connectivity index (χ2v) is 4.66. The van der Waals surface area contributed by atoms with Crippen LogP contribution in [-0.4, -0.2) is 6.61 Å². The third-order valence-corrected chi connectivity index (χ3v) is 3.04. The maximum Gasteiger partial charge on any atom is 0.201 e. The fourth-order valence-corrected chi connectivity index (χ4v) is 1.98. The topological polar surface area (TPSA) is 9.23 Å². The molecule has 1 nitrogen and oxygen atoms in total. The van der Waals surface area contributed by atoms with Crippen LogP contribution in [0.15, 0.2) is 42.5 Å². The summed E-state index contributed by atoms with van der Waals surface area (Å²) in [4.78, 5) is 0. The van der Waals surface area contributed by atoms with Crippen LogP contribution in [0.25, 0.3) is 5.57 Å². The zero-order valence-electron chi connectivity index (χ0n) is 12.9. The van der Waals surface area contributed by atoms with Crippen molar-refractivity contribution in [3.8, 4) is 5.75 Å². The summed E-state index contributed by atoms with van der Waals surface area (Å²) in [5.74, 6) is -1.90. The second kappa shape index (κ2) is 8.40. The first-order valence-electron chi connectivity index (χ1n) is 7.18. The molecule has 1 aromatic rings. The minimum Gasteiger partial charge on any atom is -0.491 e. The van der Waals surface area contributed by atoms with Crippen molar-refractivity contribution in [1.82, 2.24) is 0 Å². The van der Waals surface area contributed by atoms with Crippen molar-refractivity contribution < 1.29 is 13.5 Å². The van der Waals surface area contributed by atoms with E-state index in [2.05, 4.69) is 13.5 Å². The number of hydrogen-bond acceptors (Lipinski definition) is 1. The Morgan fingerprint density at radius 1 is 1.19 bits per heavy atom. The lowest BCUT2D eigenvalue weighted by Gasteiger charge is -2.09. The number of benzene rings is 1. The Bertz CT molecular complexity index is 557. The lowest BCUT2D eigenvalue weighted by Crippen LogP contribution is -1.99. The molecule has 0 aromatic heterocycles. The van der Waals surface area contributed by atoms with E-state index in [1.807, 2.05) is 6.08 Å². The molecule has 0 saturated carbocycles. The Morgan fingerprint density at radius 2 is 1.90 bits per heavy atom. The van der Waals surface area contributed by atoms with Gasteiger partial charge in [0.15, 0.2) is 11.6 Å². The molecule has 0 fully saturated rings. The van der Waals surface area contributed by atoms with E-state index in [0.29, 0.717) is 12.2 Å². The van der Waals surface area contributed by atoms with E-state index in [1.165, 1.54) is 12.1 Å². The van der Waals surface area contributed by atoms with Crippen LogP contribution in [0.1, 0.15) is 39.2 Å². The Morgan fingerprint density at radius 3 is 2.48 bits per heavy atom. The fourth-order valence-electron chi connectivity index (χ4n) is 1.98. The minimum absolute atomic E-state index is 0.0615. The van der Waals surface area contributed by atoms with Gasteiger partial charge >= 0.3 is 0 Å². The normalized spacial score (nSPS) is 12.0. The van der Waals surface area contributed by atoms with Gasteiger partial charge in [-0.15, -0.1) is 0 Å². The first-order chi connectivity index (χ1) is 10.0. The first-order valence-corrected chi connectivity index (χ1v) is 7.18. The van der Waals surface area contributed by atoms with Crippen molar-refractivity contribution in [2.24, 2.45) is 0 Å². The molecule has 0 aliphatic heterocycles. The van der Waals surface area contributed by atoms with Gasteiger partial charge in [-0.25, -0.2) is 4.39 Å². The molecule has 114 valence electrons. The molecule has 1 rings (SSSR count). The fraction of sp³-hybridized carbons (Fsp3) is 0.333. The molecule has 0 N–H and O–H groups in total. The van der Waals surface area contributed by atoms with Crippen molar-refractivity contribution >= 4 is 5.57 Å². The summed E-state index contributed by atoms with van der Waals surface area (Å²) in [5.41, 5.74) is 1.80. The van der Waals surface area contributed by atoms with Crippen molar-refractivity contribution in [3.63, 3.8) is 0 Å². The van der Waals surface area contributed by atoms with Crippen LogP contribution in [-0.2, 0) is 0 Å². The molecule has 0 amide bonds. The van der Waals surface area contributed by atoms with Crippen LogP contribution in [0.2, 0.25) is 0 Å². The van der Waals surface area contributed by atoms with E-state index in [-0.39, 0.29) is 11.3 Å². The molecule has 0 aliphatic carbocycles. The highest BCUT2D eigenvalue weighted by molar-refractivity contribution is 5.75. The van der Waals surface area contributed by atoms with Gasteiger partial charge < -0.3 is 4.74 Å². The van der Waals surface area contributed by atoms with Crippen molar-refractivity contribution in [1.29, 1.82) is 0 Å². The van der Waals surface area contributed by atoms with Crippen molar-refractivity contribution in [2.45, 2.75) is 33.6 Å². The highest BCUT2D eigenvalue weighted by Crippen LogP contribution is 2.28. The molecule has 0 bridgehead atoms. The molecule has 21 heavy (non-hydrogen) atoms. The predicted molar refractivity (Wildman–Crippen MR) is 84.4 cm³/mol. The molecule has 0 radical (unpaired) electrons. The monoisotopic (exact) mass is 292 g/mol. The average Bonchev–Trinajstić information content (AvgIpc) is 2.47. The second-order valence-electron chi connectivity index (χ2n) is 4.66. The molecule has 0 saturated heterocycles. The molecule has 1 aromatic carbocycles. The maximum atomic E-state index is 14.1. The van der Waals surface area contributed by atoms with E-state index < -0.39 is 11.6 Å². The number of halogens is 2. The molecular weight excluding hydrogens is 270 g/mol. The Labute approximate surface area is 125 Å². The Hall–Kier alpha value is -1.90. The van der Waals surface area contributed by atoms with Crippen LogP contribution in [0.3, 0.4) is 0 Å². The summed E-state index contributed by atoms with van der Waals surface area (Å²) in [6.07, 6.45) is 7.23.